The number of anilines is 1. The van der Waals surface area contributed by atoms with Crippen LogP contribution in [0.3, 0.4) is 0 Å². The highest BCUT2D eigenvalue weighted by molar-refractivity contribution is 7.12. The summed E-state index contributed by atoms with van der Waals surface area (Å²) in [7, 11) is 0. The molecular formula is C19H16N4S. The zero-order valence-corrected chi connectivity index (χ0v) is 14.3. The number of benzene rings is 2. The Morgan fingerprint density at radius 2 is 1.96 bits per heavy atom. The molecule has 0 amide bonds. The molecule has 0 aliphatic carbocycles. The molecule has 0 unspecified atom stereocenters. The molecule has 1 heterocycles. The minimum absolute atomic E-state index is 0.280. The van der Waals surface area contributed by atoms with E-state index >= 15 is 0 Å². The van der Waals surface area contributed by atoms with Crippen LogP contribution in [0.5, 0.6) is 0 Å². The molecular weight excluding hydrogens is 316 g/mol. The van der Waals surface area contributed by atoms with E-state index in [-0.39, 0.29) is 5.71 Å². The van der Waals surface area contributed by atoms with Crippen molar-refractivity contribution in [2.75, 3.05) is 5.43 Å². The van der Waals surface area contributed by atoms with Crippen molar-refractivity contribution in [1.82, 2.24) is 4.98 Å². The van der Waals surface area contributed by atoms with Crippen LogP contribution in [-0.2, 0) is 0 Å². The highest BCUT2D eigenvalue weighted by Crippen LogP contribution is 2.22. The van der Waals surface area contributed by atoms with Crippen molar-refractivity contribution < 1.29 is 0 Å². The lowest BCUT2D eigenvalue weighted by Gasteiger charge is -2.05. The molecule has 0 aliphatic rings. The maximum Gasteiger partial charge on any atom is 0.196 e. The molecule has 1 aromatic heterocycles. The van der Waals surface area contributed by atoms with E-state index in [0.29, 0.717) is 5.01 Å². The first-order valence-corrected chi connectivity index (χ1v) is 8.37. The van der Waals surface area contributed by atoms with Crippen molar-refractivity contribution in [1.29, 1.82) is 5.26 Å². The molecule has 0 spiro atoms. The fraction of sp³-hybridized carbons (Fsp3) is 0.105. The van der Waals surface area contributed by atoms with Gasteiger partial charge >= 0.3 is 0 Å². The molecule has 3 rings (SSSR count). The lowest BCUT2D eigenvalue weighted by molar-refractivity contribution is 1.27. The van der Waals surface area contributed by atoms with Crippen molar-refractivity contribution in [3.8, 4) is 17.3 Å². The zero-order chi connectivity index (χ0) is 16.9. The van der Waals surface area contributed by atoms with Crippen LogP contribution in [0.4, 0.5) is 5.69 Å². The lowest BCUT2D eigenvalue weighted by atomic mass is 10.1. The van der Waals surface area contributed by atoms with Gasteiger partial charge in [-0.2, -0.15) is 10.4 Å². The SMILES string of the molecule is Cc1ccc(N/N=C(\C#N)c2nc(-c3ccccc3)cs2)c(C)c1. The summed E-state index contributed by atoms with van der Waals surface area (Å²) in [6.45, 7) is 4.05. The summed E-state index contributed by atoms with van der Waals surface area (Å²) < 4.78 is 0. The Morgan fingerprint density at radius 1 is 1.17 bits per heavy atom. The van der Waals surface area contributed by atoms with E-state index in [2.05, 4.69) is 27.6 Å². The van der Waals surface area contributed by atoms with Crippen molar-refractivity contribution in [3.05, 3.63) is 70.0 Å². The quantitative estimate of drug-likeness (QED) is 0.553. The van der Waals surface area contributed by atoms with Crippen LogP contribution >= 0.6 is 11.3 Å². The van der Waals surface area contributed by atoms with E-state index in [4.69, 9.17) is 0 Å². The Morgan fingerprint density at radius 3 is 2.67 bits per heavy atom. The van der Waals surface area contributed by atoms with Crippen molar-refractivity contribution in [2.45, 2.75) is 13.8 Å². The molecule has 118 valence electrons. The zero-order valence-electron chi connectivity index (χ0n) is 13.4. The van der Waals surface area contributed by atoms with Gasteiger partial charge in [-0.15, -0.1) is 11.3 Å². The topological polar surface area (TPSA) is 61.1 Å². The van der Waals surface area contributed by atoms with Crippen LogP contribution in [0, 0.1) is 25.2 Å². The van der Waals surface area contributed by atoms with Crippen LogP contribution in [0.1, 0.15) is 16.1 Å². The second kappa shape index (κ2) is 7.07. The van der Waals surface area contributed by atoms with E-state index in [0.717, 1.165) is 22.5 Å². The molecule has 0 radical (unpaired) electrons. The summed E-state index contributed by atoms with van der Waals surface area (Å²) in [6.07, 6.45) is 0. The van der Waals surface area contributed by atoms with Crippen molar-refractivity contribution in [2.24, 2.45) is 5.10 Å². The molecule has 0 saturated heterocycles. The number of nitriles is 1. The van der Waals surface area contributed by atoms with Gasteiger partial charge in [0.2, 0.25) is 0 Å². The minimum Gasteiger partial charge on any atom is -0.277 e. The number of thiazole rings is 1. The Bertz CT molecular complexity index is 920. The molecule has 5 heteroatoms. The second-order valence-electron chi connectivity index (χ2n) is 5.41. The van der Waals surface area contributed by atoms with Gasteiger partial charge in [0.25, 0.3) is 0 Å². The molecule has 0 aliphatic heterocycles. The van der Waals surface area contributed by atoms with Gasteiger partial charge in [-0.1, -0.05) is 48.0 Å². The van der Waals surface area contributed by atoms with Crippen molar-refractivity contribution >= 4 is 22.7 Å². The predicted octanol–water partition coefficient (Wildman–Crippen LogP) is 4.77. The summed E-state index contributed by atoms with van der Waals surface area (Å²) in [5, 5.41) is 16.2. The van der Waals surface area contributed by atoms with Crippen LogP contribution in [-0.4, -0.2) is 10.7 Å². The fourth-order valence-corrected chi connectivity index (χ4v) is 3.07. The van der Waals surface area contributed by atoms with Crippen LogP contribution in [0.25, 0.3) is 11.3 Å². The Balaban J connectivity index is 1.84. The summed E-state index contributed by atoms with van der Waals surface area (Å²) in [6, 6.07) is 18.0. The number of hydrogen-bond donors (Lipinski definition) is 1. The summed E-state index contributed by atoms with van der Waals surface area (Å²) in [5.41, 5.74) is 8.29. The Kier molecular flexibility index (Phi) is 4.69. The number of aryl methyl sites for hydroxylation is 2. The van der Waals surface area contributed by atoms with E-state index in [9.17, 15) is 5.26 Å². The number of hydrogen-bond acceptors (Lipinski definition) is 5. The highest BCUT2D eigenvalue weighted by Gasteiger charge is 2.10. The van der Waals surface area contributed by atoms with Gasteiger partial charge in [-0.25, -0.2) is 4.98 Å². The van der Waals surface area contributed by atoms with E-state index in [1.165, 1.54) is 16.9 Å². The average molecular weight is 332 g/mol. The molecule has 2 aromatic carbocycles. The van der Waals surface area contributed by atoms with Crippen LogP contribution in [0.2, 0.25) is 0 Å². The van der Waals surface area contributed by atoms with Gasteiger partial charge in [0.1, 0.15) is 6.07 Å². The highest BCUT2D eigenvalue weighted by atomic mass is 32.1. The number of nitrogens with zero attached hydrogens (tertiary/aromatic N) is 3. The van der Waals surface area contributed by atoms with E-state index in [1.54, 1.807) is 0 Å². The first kappa shape index (κ1) is 15.9. The average Bonchev–Trinajstić information content (AvgIpc) is 3.08. The first-order valence-electron chi connectivity index (χ1n) is 7.50. The molecule has 24 heavy (non-hydrogen) atoms. The largest absolute Gasteiger partial charge is 0.277 e. The second-order valence-corrected chi connectivity index (χ2v) is 6.26. The molecule has 0 saturated carbocycles. The predicted molar refractivity (Wildman–Crippen MR) is 99.2 cm³/mol. The standard InChI is InChI=1S/C19H16N4S/c1-13-8-9-16(14(2)10-13)22-23-17(11-20)19-21-18(12-24-19)15-6-4-3-5-7-15/h3-10,12,22H,1-2H3/b23-17+. The smallest absolute Gasteiger partial charge is 0.196 e. The van der Waals surface area contributed by atoms with Gasteiger partial charge in [0.15, 0.2) is 10.7 Å². The maximum atomic E-state index is 9.40. The molecule has 3 aromatic rings. The number of rotatable bonds is 4. The van der Waals surface area contributed by atoms with Gasteiger partial charge in [0, 0.05) is 10.9 Å². The first-order chi connectivity index (χ1) is 11.7. The third-order valence-electron chi connectivity index (χ3n) is 3.55. The molecule has 0 bridgehead atoms. The van der Waals surface area contributed by atoms with Crippen LogP contribution in [0.15, 0.2) is 59.0 Å². The van der Waals surface area contributed by atoms with Crippen LogP contribution < -0.4 is 5.43 Å². The van der Waals surface area contributed by atoms with Crippen molar-refractivity contribution in [3.63, 3.8) is 0 Å². The summed E-state index contributed by atoms with van der Waals surface area (Å²) in [5.74, 6) is 0. The van der Waals surface area contributed by atoms with Gasteiger partial charge < -0.3 is 0 Å². The monoisotopic (exact) mass is 332 g/mol. The summed E-state index contributed by atoms with van der Waals surface area (Å²) >= 11 is 1.41. The Labute approximate surface area is 145 Å². The molecule has 1 N–H and O–H groups in total. The molecule has 0 atom stereocenters. The van der Waals surface area contributed by atoms with Gasteiger partial charge in [0.05, 0.1) is 11.4 Å². The van der Waals surface area contributed by atoms with E-state index in [1.807, 2.05) is 61.7 Å². The normalized spacial score (nSPS) is 11.1. The lowest BCUT2D eigenvalue weighted by Crippen LogP contribution is -2.02. The van der Waals surface area contributed by atoms with E-state index < -0.39 is 0 Å². The van der Waals surface area contributed by atoms with Gasteiger partial charge in [-0.3, -0.25) is 5.43 Å². The molecule has 0 fully saturated rings. The maximum absolute atomic E-state index is 9.40. The number of hydrazone groups is 1. The Hall–Kier alpha value is -2.97. The third kappa shape index (κ3) is 3.50. The number of nitrogens with one attached hydrogen (secondary N) is 1. The fourth-order valence-electron chi connectivity index (χ4n) is 2.30. The molecule has 4 nitrogen and oxygen atoms in total. The number of aromatic nitrogens is 1. The summed E-state index contributed by atoms with van der Waals surface area (Å²) in [4.78, 5) is 4.53. The minimum atomic E-state index is 0.280. The third-order valence-corrected chi connectivity index (χ3v) is 4.40. The van der Waals surface area contributed by atoms with Gasteiger partial charge in [-0.05, 0) is 25.5 Å².